The van der Waals surface area contributed by atoms with Gasteiger partial charge in [-0.05, 0) is 29.9 Å². The molecule has 1 aliphatic carbocycles. The second kappa shape index (κ2) is 12.9. The second-order valence-corrected chi connectivity index (χ2v) is 11.1. The fourth-order valence-electron chi connectivity index (χ4n) is 5.04. The third kappa shape index (κ3) is 8.18. The normalized spacial score (nSPS) is 18.2. The Balaban J connectivity index is 1.61. The van der Waals surface area contributed by atoms with Gasteiger partial charge in [-0.2, -0.15) is 0 Å². The molecule has 2 atom stereocenters. The van der Waals surface area contributed by atoms with Crippen LogP contribution in [0.3, 0.4) is 0 Å². The molecule has 0 spiro atoms. The zero-order valence-corrected chi connectivity index (χ0v) is 22.1. The summed E-state index contributed by atoms with van der Waals surface area (Å²) in [7, 11) is 0. The molecule has 1 unspecified atom stereocenters. The van der Waals surface area contributed by atoms with Crippen molar-refractivity contribution in [3.63, 3.8) is 0 Å². The maximum absolute atomic E-state index is 13.6. The highest BCUT2D eigenvalue weighted by Gasteiger charge is 2.39. The van der Waals surface area contributed by atoms with Crippen molar-refractivity contribution in [3.05, 3.63) is 30.3 Å². The molecule has 4 amide bonds. The summed E-state index contributed by atoms with van der Waals surface area (Å²) in [5, 5.41) is 13.2. The van der Waals surface area contributed by atoms with E-state index in [1.807, 2.05) is 26.8 Å². The molecule has 0 radical (unpaired) electrons. The smallest absolute Gasteiger partial charge is 0.410 e. The van der Waals surface area contributed by atoms with E-state index in [-0.39, 0.29) is 18.4 Å². The molecular formula is C27H40N4O6. The summed E-state index contributed by atoms with van der Waals surface area (Å²) in [6, 6.07) is 8.03. The molecule has 1 aromatic carbocycles. The van der Waals surface area contributed by atoms with Crippen molar-refractivity contribution in [3.8, 4) is 5.75 Å². The number of hydroxylamine groups is 2. The lowest BCUT2D eigenvalue weighted by molar-refractivity contribution is -0.156. The average molecular weight is 517 g/mol. The maximum atomic E-state index is 13.6. The Morgan fingerprint density at radius 3 is 2.24 bits per heavy atom. The number of ether oxygens (including phenoxy) is 1. The van der Waals surface area contributed by atoms with Crippen LogP contribution in [-0.4, -0.2) is 83.2 Å². The number of nitrogens with zero attached hydrogens (tertiary/aromatic N) is 3. The Kier molecular flexibility index (Phi) is 9.91. The van der Waals surface area contributed by atoms with E-state index in [1.54, 1.807) is 34.1 Å². The minimum absolute atomic E-state index is 0.112. The Bertz CT molecular complexity index is 921. The van der Waals surface area contributed by atoms with Gasteiger partial charge < -0.3 is 19.9 Å². The molecule has 2 aliphatic rings. The quantitative estimate of drug-likeness (QED) is 0.296. The van der Waals surface area contributed by atoms with Gasteiger partial charge in [0.15, 0.2) is 0 Å². The lowest BCUT2D eigenvalue weighted by atomic mass is 9.84. The van der Waals surface area contributed by atoms with E-state index in [9.17, 15) is 24.4 Å². The zero-order valence-electron chi connectivity index (χ0n) is 22.1. The molecule has 1 saturated heterocycles. The van der Waals surface area contributed by atoms with Crippen LogP contribution in [0.15, 0.2) is 30.3 Å². The van der Waals surface area contributed by atoms with Gasteiger partial charge in [-0.25, -0.2) is 9.86 Å². The monoisotopic (exact) mass is 516 g/mol. The lowest BCUT2D eigenvalue weighted by Crippen LogP contribution is -2.60. The van der Waals surface area contributed by atoms with Crippen molar-refractivity contribution in [2.24, 2.45) is 17.3 Å². The molecule has 0 bridgehead atoms. The highest BCUT2D eigenvalue weighted by molar-refractivity contribution is 5.89. The number of para-hydroxylation sites is 1. The molecule has 10 heteroatoms. The summed E-state index contributed by atoms with van der Waals surface area (Å²) < 4.78 is 5.40. The van der Waals surface area contributed by atoms with Crippen LogP contribution in [0.5, 0.6) is 5.75 Å². The van der Waals surface area contributed by atoms with Gasteiger partial charge in [0.1, 0.15) is 11.8 Å². The first-order valence-corrected chi connectivity index (χ1v) is 13.1. The fraction of sp³-hybridized carbons (Fsp3) is 0.630. The number of amides is 4. The van der Waals surface area contributed by atoms with E-state index < -0.39 is 23.5 Å². The summed E-state index contributed by atoms with van der Waals surface area (Å²) in [6.45, 7) is 6.85. The van der Waals surface area contributed by atoms with Gasteiger partial charge >= 0.3 is 6.09 Å². The Labute approximate surface area is 218 Å². The van der Waals surface area contributed by atoms with Gasteiger partial charge in [-0.1, -0.05) is 64.7 Å². The van der Waals surface area contributed by atoms with Gasteiger partial charge in [-0.15, -0.1) is 0 Å². The molecule has 1 aliphatic heterocycles. The number of piperazine rings is 1. The molecule has 37 heavy (non-hydrogen) atoms. The number of carbonyl (C=O) groups excluding carboxylic acids is 4. The standard InChI is InChI=1S/C27H40N4O6/c1-27(2,3)23(28-24(33)21(18-31(36)19-32)17-20-9-7-8-10-20)25(34)29-13-15-30(16-14-29)26(35)37-22-11-5-4-6-12-22/h4-6,11-12,19-21,23,36H,7-10,13-18H2,1-3H3,(H,28,33)/t21?,23-/m1/s1. The van der Waals surface area contributed by atoms with Crippen LogP contribution >= 0.6 is 0 Å². The van der Waals surface area contributed by atoms with Crippen molar-refractivity contribution in [1.29, 1.82) is 0 Å². The van der Waals surface area contributed by atoms with Crippen LogP contribution in [0.4, 0.5) is 4.79 Å². The van der Waals surface area contributed by atoms with Crippen molar-refractivity contribution in [1.82, 2.24) is 20.2 Å². The third-order valence-corrected chi connectivity index (χ3v) is 7.19. The number of hydrogen-bond acceptors (Lipinski definition) is 6. The van der Waals surface area contributed by atoms with Gasteiger partial charge in [0, 0.05) is 26.2 Å². The molecule has 1 aromatic rings. The molecule has 10 nitrogen and oxygen atoms in total. The Morgan fingerprint density at radius 2 is 1.68 bits per heavy atom. The third-order valence-electron chi connectivity index (χ3n) is 7.19. The summed E-state index contributed by atoms with van der Waals surface area (Å²) >= 11 is 0. The molecule has 3 rings (SSSR count). The van der Waals surface area contributed by atoms with Crippen molar-refractivity contribution in [2.75, 3.05) is 32.7 Å². The van der Waals surface area contributed by atoms with E-state index >= 15 is 0 Å². The van der Waals surface area contributed by atoms with E-state index in [4.69, 9.17) is 4.74 Å². The number of benzene rings is 1. The zero-order chi connectivity index (χ0) is 27.0. The Morgan fingerprint density at radius 1 is 1.08 bits per heavy atom. The number of rotatable bonds is 9. The fourth-order valence-corrected chi connectivity index (χ4v) is 5.04. The van der Waals surface area contributed by atoms with Crippen LogP contribution in [0.2, 0.25) is 0 Å². The Hall–Kier alpha value is -3.14. The SMILES string of the molecule is CC(C)(C)[C@H](NC(=O)C(CC1CCCC1)CN(O)C=O)C(=O)N1CCN(C(=O)Oc2ccccc2)CC1. The summed E-state index contributed by atoms with van der Waals surface area (Å²) in [5.74, 6) is -0.340. The molecule has 1 heterocycles. The number of carbonyl (C=O) groups is 4. The van der Waals surface area contributed by atoms with Crippen LogP contribution in [0.1, 0.15) is 52.9 Å². The first kappa shape index (κ1) is 28.4. The van der Waals surface area contributed by atoms with E-state index in [0.717, 1.165) is 25.7 Å². The molecule has 2 N–H and O–H groups in total. The first-order chi connectivity index (χ1) is 17.6. The van der Waals surface area contributed by atoms with Crippen LogP contribution < -0.4 is 10.1 Å². The van der Waals surface area contributed by atoms with Gasteiger partial charge in [-0.3, -0.25) is 19.6 Å². The van der Waals surface area contributed by atoms with Crippen molar-refractivity contribution in [2.45, 2.75) is 58.9 Å². The highest BCUT2D eigenvalue weighted by atomic mass is 16.6. The lowest BCUT2D eigenvalue weighted by Gasteiger charge is -2.39. The number of hydrogen-bond donors (Lipinski definition) is 2. The van der Waals surface area contributed by atoms with E-state index in [0.29, 0.717) is 55.7 Å². The summed E-state index contributed by atoms with van der Waals surface area (Å²) in [5.41, 5.74) is -0.572. The number of nitrogens with one attached hydrogen (secondary N) is 1. The molecule has 204 valence electrons. The van der Waals surface area contributed by atoms with Crippen molar-refractivity contribution >= 4 is 24.3 Å². The predicted octanol–water partition coefficient (Wildman–Crippen LogP) is 2.90. The van der Waals surface area contributed by atoms with E-state index in [1.165, 1.54) is 0 Å². The highest BCUT2D eigenvalue weighted by Crippen LogP contribution is 2.31. The van der Waals surface area contributed by atoms with Gasteiger partial charge in [0.25, 0.3) is 0 Å². The summed E-state index contributed by atoms with van der Waals surface area (Å²) in [4.78, 5) is 53.6. The predicted molar refractivity (Wildman–Crippen MR) is 137 cm³/mol. The second-order valence-electron chi connectivity index (χ2n) is 11.1. The van der Waals surface area contributed by atoms with Gasteiger partial charge in [0.2, 0.25) is 18.2 Å². The van der Waals surface area contributed by atoms with Gasteiger partial charge in [0.05, 0.1) is 12.5 Å². The molecule has 1 saturated carbocycles. The first-order valence-electron chi connectivity index (χ1n) is 13.1. The molecular weight excluding hydrogens is 476 g/mol. The van der Waals surface area contributed by atoms with Crippen molar-refractivity contribution < 1.29 is 29.1 Å². The summed E-state index contributed by atoms with van der Waals surface area (Å²) in [6.07, 6.45) is 4.67. The topological polar surface area (TPSA) is 119 Å². The minimum atomic E-state index is -0.794. The van der Waals surface area contributed by atoms with Crippen LogP contribution in [0.25, 0.3) is 0 Å². The molecule has 0 aromatic heterocycles. The molecule has 2 fully saturated rings. The minimum Gasteiger partial charge on any atom is -0.410 e. The van der Waals surface area contributed by atoms with Crippen LogP contribution in [0, 0.1) is 17.3 Å². The van der Waals surface area contributed by atoms with E-state index in [2.05, 4.69) is 5.32 Å². The van der Waals surface area contributed by atoms with Crippen LogP contribution in [-0.2, 0) is 14.4 Å². The largest absolute Gasteiger partial charge is 0.415 e. The average Bonchev–Trinajstić information content (AvgIpc) is 3.39. The maximum Gasteiger partial charge on any atom is 0.415 e.